The van der Waals surface area contributed by atoms with Gasteiger partial charge in [-0.05, 0) is 24.8 Å². The fourth-order valence-corrected chi connectivity index (χ4v) is 3.15. The minimum atomic E-state index is -1.18. The SMILES string of the molecule is Cn1cc(C(=O)N2CCCCC2c2ccccc2)c(C(=O)O)n1. The number of piperidine rings is 1. The second kappa shape index (κ2) is 6.24. The lowest BCUT2D eigenvalue weighted by atomic mass is 9.94. The van der Waals surface area contributed by atoms with Crippen LogP contribution in [0.1, 0.15) is 51.7 Å². The summed E-state index contributed by atoms with van der Waals surface area (Å²) in [7, 11) is 1.62. The van der Waals surface area contributed by atoms with Gasteiger partial charge >= 0.3 is 5.97 Å². The van der Waals surface area contributed by atoms with Crippen molar-refractivity contribution >= 4 is 11.9 Å². The van der Waals surface area contributed by atoms with E-state index in [-0.39, 0.29) is 23.2 Å². The number of carboxylic acid groups (broad SMARTS) is 1. The van der Waals surface area contributed by atoms with Crippen molar-refractivity contribution < 1.29 is 14.7 Å². The van der Waals surface area contributed by atoms with Gasteiger partial charge in [-0.25, -0.2) is 4.79 Å². The van der Waals surface area contributed by atoms with Gasteiger partial charge in [0, 0.05) is 19.8 Å². The van der Waals surface area contributed by atoms with Gasteiger partial charge < -0.3 is 10.0 Å². The van der Waals surface area contributed by atoms with Crippen molar-refractivity contribution in [3.63, 3.8) is 0 Å². The van der Waals surface area contributed by atoms with Crippen molar-refractivity contribution in [3.05, 3.63) is 53.3 Å². The van der Waals surface area contributed by atoms with Crippen LogP contribution in [-0.2, 0) is 7.05 Å². The summed E-state index contributed by atoms with van der Waals surface area (Å²) >= 11 is 0. The molecule has 1 aromatic carbocycles. The Bertz CT molecular complexity index is 724. The first-order valence-corrected chi connectivity index (χ1v) is 7.71. The zero-order valence-electron chi connectivity index (χ0n) is 13.0. The molecule has 1 amide bonds. The molecule has 1 unspecified atom stereocenters. The maximum absolute atomic E-state index is 12.9. The standard InChI is InChI=1S/C17H19N3O3/c1-19-11-13(15(18-19)17(22)23)16(21)20-10-6-5-9-14(20)12-7-3-2-4-8-12/h2-4,7-8,11,14H,5-6,9-10H2,1H3,(H,22,23). The van der Waals surface area contributed by atoms with Crippen molar-refractivity contribution in [3.8, 4) is 0 Å². The fourth-order valence-electron chi connectivity index (χ4n) is 3.15. The highest BCUT2D eigenvalue weighted by molar-refractivity contribution is 6.03. The fraction of sp³-hybridized carbons (Fsp3) is 0.353. The first-order valence-electron chi connectivity index (χ1n) is 7.71. The van der Waals surface area contributed by atoms with Crippen molar-refractivity contribution in [2.75, 3.05) is 6.54 Å². The molecule has 1 saturated heterocycles. The Morgan fingerprint density at radius 2 is 1.96 bits per heavy atom. The summed E-state index contributed by atoms with van der Waals surface area (Å²) in [5.74, 6) is -1.44. The van der Waals surface area contributed by atoms with E-state index in [1.165, 1.54) is 10.9 Å². The average molecular weight is 313 g/mol. The largest absolute Gasteiger partial charge is 0.476 e. The van der Waals surface area contributed by atoms with Gasteiger partial charge in [0.1, 0.15) is 0 Å². The molecule has 3 rings (SSSR count). The Morgan fingerprint density at radius 3 is 2.65 bits per heavy atom. The monoisotopic (exact) mass is 313 g/mol. The highest BCUT2D eigenvalue weighted by Crippen LogP contribution is 2.32. The number of carbonyl (C=O) groups is 2. The van der Waals surface area contributed by atoms with E-state index < -0.39 is 5.97 Å². The Kier molecular flexibility index (Phi) is 4.14. The molecule has 6 heteroatoms. The molecule has 0 radical (unpaired) electrons. The first-order chi connectivity index (χ1) is 11.1. The van der Waals surface area contributed by atoms with Crippen molar-refractivity contribution in [2.45, 2.75) is 25.3 Å². The van der Waals surface area contributed by atoms with Crippen LogP contribution >= 0.6 is 0 Å². The van der Waals surface area contributed by atoms with Crippen LogP contribution < -0.4 is 0 Å². The van der Waals surface area contributed by atoms with Crippen LogP contribution in [0.3, 0.4) is 0 Å². The van der Waals surface area contributed by atoms with E-state index in [0.29, 0.717) is 6.54 Å². The number of amides is 1. The van der Waals surface area contributed by atoms with Crippen molar-refractivity contribution in [1.29, 1.82) is 0 Å². The Balaban J connectivity index is 1.95. The van der Waals surface area contributed by atoms with E-state index in [4.69, 9.17) is 0 Å². The lowest BCUT2D eigenvalue weighted by Gasteiger charge is -2.36. The molecule has 1 aliphatic heterocycles. The van der Waals surface area contributed by atoms with Crippen LogP contribution in [0.5, 0.6) is 0 Å². The van der Waals surface area contributed by atoms with Crippen LogP contribution in [0.2, 0.25) is 0 Å². The number of likely N-dealkylation sites (tertiary alicyclic amines) is 1. The Hall–Kier alpha value is -2.63. The van der Waals surface area contributed by atoms with Gasteiger partial charge in [0.05, 0.1) is 11.6 Å². The van der Waals surface area contributed by atoms with Crippen LogP contribution in [0, 0.1) is 0 Å². The van der Waals surface area contributed by atoms with Crippen LogP contribution in [0.25, 0.3) is 0 Å². The molecule has 120 valence electrons. The number of nitrogens with zero attached hydrogens (tertiary/aromatic N) is 3. The third-order valence-electron chi connectivity index (χ3n) is 4.21. The number of carbonyl (C=O) groups excluding carboxylic acids is 1. The summed E-state index contributed by atoms with van der Waals surface area (Å²) in [6.07, 6.45) is 4.36. The summed E-state index contributed by atoms with van der Waals surface area (Å²) < 4.78 is 1.37. The lowest BCUT2D eigenvalue weighted by Crippen LogP contribution is -2.39. The minimum absolute atomic E-state index is 0.0145. The summed E-state index contributed by atoms with van der Waals surface area (Å²) in [5.41, 5.74) is 1.05. The lowest BCUT2D eigenvalue weighted by molar-refractivity contribution is 0.0593. The molecule has 0 spiro atoms. The molecule has 1 atom stereocenters. The predicted molar refractivity (Wildman–Crippen MR) is 84.2 cm³/mol. The molecule has 6 nitrogen and oxygen atoms in total. The van der Waals surface area contributed by atoms with Gasteiger partial charge in [0.25, 0.3) is 5.91 Å². The third-order valence-corrected chi connectivity index (χ3v) is 4.21. The number of benzene rings is 1. The summed E-state index contributed by atoms with van der Waals surface area (Å²) in [6, 6.07) is 9.87. The molecule has 1 aromatic heterocycles. The van der Waals surface area contributed by atoms with E-state index in [0.717, 1.165) is 24.8 Å². The van der Waals surface area contributed by atoms with Gasteiger partial charge in [-0.3, -0.25) is 9.48 Å². The smallest absolute Gasteiger partial charge is 0.357 e. The van der Waals surface area contributed by atoms with E-state index in [2.05, 4.69) is 5.10 Å². The summed E-state index contributed by atoms with van der Waals surface area (Å²) in [4.78, 5) is 26.0. The zero-order valence-corrected chi connectivity index (χ0v) is 13.0. The summed E-state index contributed by atoms with van der Waals surface area (Å²) in [5, 5.41) is 13.2. The normalized spacial score (nSPS) is 18.0. The van der Waals surface area contributed by atoms with Gasteiger partial charge in [-0.1, -0.05) is 30.3 Å². The van der Waals surface area contributed by atoms with E-state index >= 15 is 0 Å². The molecule has 1 fully saturated rings. The van der Waals surface area contributed by atoms with Gasteiger partial charge in [-0.15, -0.1) is 0 Å². The number of hydrogen-bond acceptors (Lipinski definition) is 3. The molecule has 0 saturated carbocycles. The number of aromatic carboxylic acids is 1. The third kappa shape index (κ3) is 2.97. The molecule has 2 heterocycles. The quantitative estimate of drug-likeness (QED) is 0.944. The zero-order chi connectivity index (χ0) is 16.4. The number of aromatic nitrogens is 2. The predicted octanol–water partition coefficient (Wildman–Crippen LogP) is 2.49. The maximum Gasteiger partial charge on any atom is 0.357 e. The molecule has 0 aliphatic carbocycles. The molecular formula is C17H19N3O3. The molecule has 1 N–H and O–H groups in total. The van der Waals surface area contributed by atoms with Crippen LogP contribution in [0.4, 0.5) is 0 Å². The molecule has 2 aromatic rings. The molecule has 0 bridgehead atoms. The summed E-state index contributed by atoms with van der Waals surface area (Å²) in [6.45, 7) is 0.631. The van der Waals surface area contributed by atoms with E-state index in [1.807, 2.05) is 30.3 Å². The van der Waals surface area contributed by atoms with Crippen LogP contribution in [0.15, 0.2) is 36.5 Å². The maximum atomic E-state index is 12.9. The van der Waals surface area contributed by atoms with Crippen molar-refractivity contribution in [1.82, 2.24) is 14.7 Å². The van der Waals surface area contributed by atoms with Crippen molar-refractivity contribution in [2.24, 2.45) is 7.05 Å². The average Bonchev–Trinajstić information content (AvgIpc) is 2.97. The number of aryl methyl sites for hydroxylation is 1. The minimum Gasteiger partial charge on any atom is -0.476 e. The number of rotatable bonds is 3. The Morgan fingerprint density at radius 1 is 1.22 bits per heavy atom. The second-order valence-electron chi connectivity index (χ2n) is 5.79. The second-order valence-corrected chi connectivity index (χ2v) is 5.79. The topological polar surface area (TPSA) is 75.4 Å². The Labute approximate surface area is 134 Å². The van der Waals surface area contributed by atoms with Crippen LogP contribution in [-0.4, -0.2) is 38.2 Å². The van der Waals surface area contributed by atoms with Gasteiger partial charge in [0.15, 0.2) is 5.69 Å². The van der Waals surface area contributed by atoms with Gasteiger partial charge in [-0.2, -0.15) is 5.10 Å². The highest BCUT2D eigenvalue weighted by Gasteiger charge is 2.32. The first kappa shape index (κ1) is 15.3. The highest BCUT2D eigenvalue weighted by atomic mass is 16.4. The van der Waals surface area contributed by atoms with Gasteiger partial charge in [0.2, 0.25) is 0 Å². The molecule has 1 aliphatic rings. The van der Waals surface area contributed by atoms with E-state index in [1.54, 1.807) is 11.9 Å². The number of hydrogen-bond donors (Lipinski definition) is 1. The number of carboxylic acids is 1. The van der Waals surface area contributed by atoms with E-state index in [9.17, 15) is 14.7 Å². The molecule has 23 heavy (non-hydrogen) atoms. The molecular weight excluding hydrogens is 294 g/mol.